The third kappa shape index (κ3) is 3.57. The van der Waals surface area contributed by atoms with Crippen LogP contribution in [0.25, 0.3) is 0 Å². The molecule has 0 spiro atoms. The number of carbonyl (C=O) groups excluding carboxylic acids is 1. The fraction of sp³-hybridized carbons (Fsp3) is 0.500. The molecule has 1 fully saturated rings. The van der Waals surface area contributed by atoms with Crippen LogP contribution in [0.3, 0.4) is 0 Å². The molecule has 2 rings (SSSR count). The quantitative estimate of drug-likeness (QED) is 0.873. The zero-order chi connectivity index (χ0) is 16.3. The third-order valence-corrected chi connectivity index (χ3v) is 3.98. The highest BCUT2D eigenvalue weighted by Gasteiger charge is 2.41. The van der Waals surface area contributed by atoms with Gasteiger partial charge in [-0.25, -0.2) is 4.79 Å². The summed E-state index contributed by atoms with van der Waals surface area (Å²) in [6.07, 6.45) is -0.588. The molecule has 1 heterocycles. The lowest BCUT2D eigenvalue weighted by molar-refractivity contribution is -0.166. The van der Waals surface area contributed by atoms with E-state index in [0.29, 0.717) is 5.75 Å². The van der Waals surface area contributed by atoms with Crippen molar-refractivity contribution in [3.63, 3.8) is 0 Å². The lowest BCUT2D eigenvalue weighted by Gasteiger charge is -2.36. The van der Waals surface area contributed by atoms with Gasteiger partial charge in [0.1, 0.15) is 5.75 Å². The van der Waals surface area contributed by atoms with Crippen LogP contribution in [-0.2, 0) is 9.59 Å². The van der Waals surface area contributed by atoms with E-state index in [1.165, 1.54) is 4.90 Å². The number of aliphatic hydroxyl groups is 1. The molecule has 2 N–H and O–H groups in total. The zero-order valence-electron chi connectivity index (χ0n) is 12.8. The molecule has 1 aromatic carbocycles. The summed E-state index contributed by atoms with van der Waals surface area (Å²) in [6, 6.07) is 7.41. The average molecular weight is 307 g/mol. The van der Waals surface area contributed by atoms with E-state index in [1.807, 2.05) is 19.1 Å². The van der Waals surface area contributed by atoms with Gasteiger partial charge < -0.3 is 19.8 Å². The van der Waals surface area contributed by atoms with Crippen LogP contribution in [0.15, 0.2) is 24.3 Å². The Morgan fingerprint density at radius 1 is 1.23 bits per heavy atom. The maximum atomic E-state index is 12.3. The lowest BCUT2D eigenvalue weighted by atomic mass is 9.91. The van der Waals surface area contributed by atoms with Gasteiger partial charge in [-0.3, -0.25) is 4.79 Å². The summed E-state index contributed by atoms with van der Waals surface area (Å²) in [4.78, 5) is 24.8. The van der Waals surface area contributed by atoms with Gasteiger partial charge in [-0.05, 0) is 26.0 Å². The summed E-state index contributed by atoms with van der Waals surface area (Å²) in [6.45, 7) is 4.06. The van der Waals surface area contributed by atoms with Crippen LogP contribution in [0.1, 0.15) is 25.3 Å². The molecule has 1 aliphatic rings. The summed E-state index contributed by atoms with van der Waals surface area (Å²) in [5.41, 5.74) is -0.618. The number of aryl methyl sites for hydroxylation is 1. The van der Waals surface area contributed by atoms with Crippen molar-refractivity contribution >= 4 is 11.9 Å². The highest BCUT2D eigenvalue weighted by molar-refractivity contribution is 5.82. The lowest BCUT2D eigenvalue weighted by Crippen LogP contribution is -2.53. The Morgan fingerprint density at radius 2 is 1.77 bits per heavy atom. The van der Waals surface area contributed by atoms with Crippen molar-refractivity contribution in [3.05, 3.63) is 29.8 Å². The predicted molar refractivity (Wildman–Crippen MR) is 79.7 cm³/mol. The van der Waals surface area contributed by atoms with Gasteiger partial charge in [-0.15, -0.1) is 0 Å². The number of ether oxygens (including phenoxy) is 1. The number of rotatable bonds is 4. The maximum absolute atomic E-state index is 12.3. The molecule has 0 radical (unpaired) electrons. The topological polar surface area (TPSA) is 87.1 Å². The van der Waals surface area contributed by atoms with Gasteiger partial charge in [0.15, 0.2) is 11.7 Å². The van der Waals surface area contributed by atoms with Gasteiger partial charge in [0.2, 0.25) is 0 Å². The largest absolute Gasteiger partial charge is 0.481 e. The smallest absolute Gasteiger partial charge is 0.335 e. The molecule has 1 saturated heterocycles. The Kier molecular flexibility index (Phi) is 4.71. The second kappa shape index (κ2) is 6.36. The first-order valence-electron chi connectivity index (χ1n) is 7.30. The number of carboxylic acids is 1. The van der Waals surface area contributed by atoms with Gasteiger partial charge in [0, 0.05) is 25.9 Å². The number of likely N-dealkylation sites (tertiary alicyclic amines) is 1. The fourth-order valence-corrected chi connectivity index (χ4v) is 2.44. The van der Waals surface area contributed by atoms with Crippen molar-refractivity contribution in [1.82, 2.24) is 4.90 Å². The number of piperidine rings is 1. The van der Waals surface area contributed by atoms with Crippen molar-refractivity contribution < 1.29 is 24.5 Å². The molecule has 1 aliphatic heterocycles. The van der Waals surface area contributed by atoms with Gasteiger partial charge in [0.05, 0.1) is 0 Å². The van der Waals surface area contributed by atoms with E-state index in [4.69, 9.17) is 9.84 Å². The van der Waals surface area contributed by atoms with Gasteiger partial charge in [-0.1, -0.05) is 17.7 Å². The molecule has 6 heteroatoms. The minimum atomic E-state index is -1.72. The van der Waals surface area contributed by atoms with Gasteiger partial charge in [0.25, 0.3) is 5.91 Å². The van der Waals surface area contributed by atoms with Crippen molar-refractivity contribution in [2.45, 2.75) is 38.4 Å². The van der Waals surface area contributed by atoms with Crippen LogP contribution in [0.5, 0.6) is 5.75 Å². The number of hydrogen-bond donors (Lipinski definition) is 2. The van der Waals surface area contributed by atoms with Gasteiger partial charge in [-0.2, -0.15) is 0 Å². The average Bonchev–Trinajstić information content (AvgIpc) is 2.49. The first-order chi connectivity index (χ1) is 10.3. The number of hydrogen-bond acceptors (Lipinski definition) is 4. The second-order valence-electron chi connectivity index (χ2n) is 5.74. The van der Waals surface area contributed by atoms with Crippen molar-refractivity contribution in [2.24, 2.45) is 0 Å². The first-order valence-corrected chi connectivity index (χ1v) is 7.30. The molecule has 1 amide bonds. The molecular formula is C16H21NO5. The highest BCUT2D eigenvalue weighted by Crippen LogP contribution is 2.23. The molecule has 6 nitrogen and oxygen atoms in total. The number of carboxylic acid groups (broad SMARTS) is 1. The Hall–Kier alpha value is -2.08. The molecule has 0 aliphatic carbocycles. The molecule has 22 heavy (non-hydrogen) atoms. The third-order valence-electron chi connectivity index (χ3n) is 3.98. The summed E-state index contributed by atoms with van der Waals surface area (Å²) < 4.78 is 5.61. The van der Waals surface area contributed by atoms with E-state index in [9.17, 15) is 14.7 Å². The van der Waals surface area contributed by atoms with E-state index >= 15 is 0 Å². The molecule has 1 unspecified atom stereocenters. The van der Waals surface area contributed by atoms with Crippen LogP contribution < -0.4 is 4.74 Å². The Bertz CT molecular complexity index is 546. The standard InChI is InChI=1S/C16H21NO5/c1-11-3-5-13(6-4-11)22-12(2)14(18)17-9-7-16(21,8-10-17)15(19)20/h3-6,12,21H,7-10H2,1-2H3,(H,19,20). The van der Waals surface area contributed by atoms with E-state index < -0.39 is 17.7 Å². The minimum Gasteiger partial charge on any atom is -0.481 e. The van der Waals surface area contributed by atoms with E-state index in [0.717, 1.165) is 5.56 Å². The summed E-state index contributed by atoms with van der Waals surface area (Å²) in [5.74, 6) is -0.818. The highest BCUT2D eigenvalue weighted by atomic mass is 16.5. The Morgan fingerprint density at radius 3 is 2.27 bits per heavy atom. The summed E-state index contributed by atoms with van der Waals surface area (Å²) in [5, 5.41) is 18.8. The minimum absolute atomic E-state index is 0.0331. The van der Waals surface area contributed by atoms with Crippen LogP contribution in [0.2, 0.25) is 0 Å². The summed E-state index contributed by atoms with van der Waals surface area (Å²) >= 11 is 0. The van der Waals surface area contributed by atoms with Crippen molar-refractivity contribution in [2.75, 3.05) is 13.1 Å². The first kappa shape index (κ1) is 16.3. The van der Waals surface area contributed by atoms with Crippen LogP contribution in [-0.4, -0.2) is 51.8 Å². The van der Waals surface area contributed by atoms with Gasteiger partial charge >= 0.3 is 5.97 Å². The number of carbonyl (C=O) groups is 2. The number of amides is 1. The van der Waals surface area contributed by atoms with Crippen LogP contribution in [0, 0.1) is 6.92 Å². The Labute approximate surface area is 129 Å². The molecule has 120 valence electrons. The molecule has 0 bridgehead atoms. The maximum Gasteiger partial charge on any atom is 0.335 e. The van der Waals surface area contributed by atoms with Crippen molar-refractivity contribution in [1.29, 1.82) is 0 Å². The number of aliphatic carboxylic acids is 1. The SMILES string of the molecule is Cc1ccc(OC(C)C(=O)N2CCC(O)(C(=O)O)CC2)cc1. The van der Waals surface area contributed by atoms with E-state index in [2.05, 4.69) is 0 Å². The van der Waals surface area contributed by atoms with Crippen LogP contribution >= 0.6 is 0 Å². The molecule has 0 saturated carbocycles. The molecular weight excluding hydrogens is 286 g/mol. The molecule has 1 aromatic rings. The van der Waals surface area contributed by atoms with Crippen LogP contribution in [0.4, 0.5) is 0 Å². The predicted octanol–water partition coefficient (Wildman–Crippen LogP) is 1.20. The monoisotopic (exact) mass is 307 g/mol. The number of benzene rings is 1. The summed E-state index contributed by atoms with van der Waals surface area (Å²) in [7, 11) is 0. The Balaban J connectivity index is 1.92. The number of nitrogens with zero attached hydrogens (tertiary/aromatic N) is 1. The molecule has 1 atom stereocenters. The van der Waals surface area contributed by atoms with Crippen molar-refractivity contribution in [3.8, 4) is 5.75 Å². The van der Waals surface area contributed by atoms with E-state index in [-0.39, 0.29) is 31.8 Å². The molecule has 0 aromatic heterocycles. The normalized spacial score (nSPS) is 18.6. The zero-order valence-corrected chi connectivity index (χ0v) is 12.8. The fourth-order valence-electron chi connectivity index (χ4n) is 2.44. The van der Waals surface area contributed by atoms with E-state index in [1.54, 1.807) is 19.1 Å². The second-order valence-corrected chi connectivity index (χ2v) is 5.74.